The standard InChI is InChI=1S/C57H101NO8/c1-6-8-10-12-14-16-18-20-22-23-24-25-26-27-28-29-30-31-32-33-34-36-38-40-42-44-46-48-55(60)66-53(52-65-57(56(61)62)63-50-49-58(3,4)5)51-64-54(59)47-45-43-41-39-37-35-21-19-17-15-13-11-9-7-2/h8,10,14,16,19-22,24-25,53,57H,6-7,9,11-13,15,17-18,23,26-52H2,1-5H3/b10-8-,16-14-,21-19-,22-20-,25-24-. The molecule has 0 bridgehead atoms. The van der Waals surface area contributed by atoms with Gasteiger partial charge < -0.3 is 33.3 Å². The highest BCUT2D eigenvalue weighted by atomic mass is 16.7. The van der Waals surface area contributed by atoms with Gasteiger partial charge in [0.2, 0.25) is 0 Å². The third kappa shape index (κ3) is 48.9. The lowest BCUT2D eigenvalue weighted by Crippen LogP contribution is -2.44. The van der Waals surface area contributed by atoms with Crippen LogP contribution >= 0.6 is 0 Å². The molecule has 0 aliphatic heterocycles. The Morgan fingerprint density at radius 3 is 1.30 bits per heavy atom. The fourth-order valence-corrected chi connectivity index (χ4v) is 7.35. The van der Waals surface area contributed by atoms with E-state index in [0.29, 0.717) is 17.4 Å². The summed E-state index contributed by atoms with van der Waals surface area (Å²) >= 11 is 0. The van der Waals surface area contributed by atoms with Crippen molar-refractivity contribution >= 4 is 17.9 Å². The maximum atomic E-state index is 12.8. The van der Waals surface area contributed by atoms with E-state index in [4.69, 9.17) is 18.9 Å². The first-order valence-electron chi connectivity index (χ1n) is 26.9. The van der Waals surface area contributed by atoms with Crippen LogP contribution in [0.25, 0.3) is 0 Å². The number of rotatable bonds is 49. The average Bonchev–Trinajstić information content (AvgIpc) is 3.28. The minimum Gasteiger partial charge on any atom is -0.545 e. The first-order valence-corrected chi connectivity index (χ1v) is 26.9. The van der Waals surface area contributed by atoms with Crippen LogP contribution in [0.15, 0.2) is 60.8 Å². The van der Waals surface area contributed by atoms with Crippen LogP contribution in [0.5, 0.6) is 0 Å². The monoisotopic (exact) mass is 928 g/mol. The summed E-state index contributed by atoms with van der Waals surface area (Å²) in [6.07, 6.45) is 56.9. The predicted octanol–water partition coefficient (Wildman–Crippen LogP) is 14.0. The molecule has 2 unspecified atom stereocenters. The summed E-state index contributed by atoms with van der Waals surface area (Å²) in [5.41, 5.74) is 0. The van der Waals surface area contributed by atoms with Gasteiger partial charge >= 0.3 is 11.9 Å². The molecule has 0 aromatic carbocycles. The van der Waals surface area contributed by atoms with Crippen LogP contribution in [0, 0.1) is 0 Å². The highest BCUT2D eigenvalue weighted by molar-refractivity contribution is 5.70. The van der Waals surface area contributed by atoms with E-state index < -0.39 is 24.3 Å². The topological polar surface area (TPSA) is 111 Å². The number of carboxylic acids is 1. The highest BCUT2D eigenvalue weighted by Crippen LogP contribution is 2.15. The minimum absolute atomic E-state index is 0.145. The third-order valence-electron chi connectivity index (χ3n) is 11.5. The Balaban J connectivity index is 4.23. The van der Waals surface area contributed by atoms with Crippen molar-refractivity contribution in [1.29, 1.82) is 0 Å². The molecule has 0 aliphatic carbocycles. The normalized spacial score (nSPS) is 13.3. The Morgan fingerprint density at radius 1 is 0.470 bits per heavy atom. The van der Waals surface area contributed by atoms with Crippen LogP contribution in [-0.4, -0.2) is 82.3 Å². The lowest BCUT2D eigenvalue weighted by Gasteiger charge is -2.26. The zero-order chi connectivity index (χ0) is 48.4. The summed E-state index contributed by atoms with van der Waals surface area (Å²) in [4.78, 5) is 37.2. The molecule has 0 aliphatic rings. The van der Waals surface area contributed by atoms with Crippen LogP contribution < -0.4 is 5.11 Å². The second-order valence-corrected chi connectivity index (χ2v) is 19.1. The van der Waals surface area contributed by atoms with Crippen molar-refractivity contribution in [2.75, 3.05) is 47.5 Å². The van der Waals surface area contributed by atoms with Gasteiger partial charge in [-0.15, -0.1) is 0 Å². The summed E-state index contributed by atoms with van der Waals surface area (Å²) in [5, 5.41) is 11.7. The molecular weight excluding hydrogens is 827 g/mol. The molecule has 2 atom stereocenters. The molecule has 0 rings (SSSR count). The van der Waals surface area contributed by atoms with E-state index in [9.17, 15) is 19.5 Å². The Morgan fingerprint density at radius 2 is 0.864 bits per heavy atom. The van der Waals surface area contributed by atoms with Gasteiger partial charge in [-0.1, -0.05) is 197 Å². The number of carbonyl (C=O) groups is 3. The number of quaternary nitrogens is 1. The number of unbranched alkanes of at least 4 members (excludes halogenated alkanes) is 24. The summed E-state index contributed by atoms with van der Waals surface area (Å²) in [5.74, 6) is -2.29. The molecule has 0 aromatic heterocycles. The Hall–Kier alpha value is -3.01. The van der Waals surface area contributed by atoms with Gasteiger partial charge in [0.15, 0.2) is 12.4 Å². The zero-order valence-electron chi connectivity index (χ0n) is 43.3. The number of ether oxygens (including phenoxy) is 4. The number of carbonyl (C=O) groups excluding carboxylic acids is 3. The quantitative estimate of drug-likeness (QED) is 0.0195. The largest absolute Gasteiger partial charge is 0.545 e. The maximum Gasteiger partial charge on any atom is 0.306 e. The first-order chi connectivity index (χ1) is 32.1. The fourth-order valence-electron chi connectivity index (χ4n) is 7.35. The molecule has 0 aromatic rings. The number of hydrogen-bond donors (Lipinski definition) is 0. The van der Waals surface area contributed by atoms with Crippen LogP contribution in [0.3, 0.4) is 0 Å². The summed E-state index contributed by atoms with van der Waals surface area (Å²) in [7, 11) is 5.91. The minimum atomic E-state index is -1.62. The molecule has 0 saturated heterocycles. The summed E-state index contributed by atoms with van der Waals surface area (Å²) in [6, 6.07) is 0. The van der Waals surface area contributed by atoms with Gasteiger partial charge in [-0.3, -0.25) is 9.59 Å². The number of allylic oxidation sites excluding steroid dienone is 10. The van der Waals surface area contributed by atoms with Crippen LogP contribution in [0.1, 0.15) is 226 Å². The van der Waals surface area contributed by atoms with Crippen LogP contribution in [0.4, 0.5) is 0 Å². The van der Waals surface area contributed by atoms with Crippen LogP contribution in [0.2, 0.25) is 0 Å². The summed E-state index contributed by atoms with van der Waals surface area (Å²) in [6.45, 7) is 4.62. The number of nitrogens with zero attached hydrogens (tertiary/aromatic N) is 1. The Kier molecular flexibility index (Phi) is 46.2. The molecular formula is C57H101NO8. The lowest BCUT2D eigenvalue weighted by atomic mass is 10.0. The van der Waals surface area contributed by atoms with E-state index in [1.807, 2.05) is 21.1 Å². The molecule has 9 heteroatoms. The molecule has 382 valence electrons. The molecule has 0 radical (unpaired) electrons. The Bertz CT molecular complexity index is 1270. The van der Waals surface area contributed by atoms with Gasteiger partial charge in [0.05, 0.1) is 40.3 Å². The van der Waals surface area contributed by atoms with E-state index in [-0.39, 0.29) is 38.6 Å². The second-order valence-electron chi connectivity index (χ2n) is 19.1. The maximum absolute atomic E-state index is 12.8. The molecule has 9 nitrogen and oxygen atoms in total. The van der Waals surface area contributed by atoms with Crippen molar-refractivity contribution in [3.63, 3.8) is 0 Å². The van der Waals surface area contributed by atoms with Gasteiger partial charge in [-0.2, -0.15) is 0 Å². The van der Waals surface area contributed by atoms with Crippen molar-refractivity contribution < 1.29 is 42.9 Å². The van der Waals surface area contributed by atoms with Crippen molar-refractivity contribution in [2.45, 2.75) is 238 Å². The lowest BCUT2D eigenvalue weighted by molar-refractivity contribution is -0.870. The second kappa shape index (κ2) is 48.4. The molecule has 0 fully saturated rings. The highest BCUT2D eigenvalue weighted by Gasteiger charge is 2.22. The zero-order valence-corrected chi connectivity index (χ0v) is 43.3. The smallest absolute Gasteiger partial charge is 0.306 e. The average molecular weight is 928 g/mol. The van der Waals surface area contributed by atoms with Gasteiger partial charge in [0.25, 0.3) is 0 Å². The third-order valence-corrected chi connectivity index (χ3v) is 11.5. The van der Waals surface area contributed by atoms with Crippen LogP contribution in [-0.2, 0) is 33.3 Å². The fraction of sp³-hybridized carbons (Fsp3) is 0.772. The Labute approximate surface area is 405 Å². The SMILES string of the molecule is CC/C=C\C/C=C\C/C=C\C/C=C\CCCCCCCCCCCCCCCCC(=O)OC(COC(=O)CCCCCCC/C=C\CCCCCCC)COC(OCC[N+](C)(C)C)C(=O)[O-]. The van der Waals surface area contributed by atoms with Crippen molar-refractivity contribution in [2.24, 2.45) is 0 Å². The van der Waals surface area contributed by atoms with Crippen molar-refractivity contribution in [3.8, 4) is 0 Å². The van der Waals surface area contributed by atoms with E-state index in [1.54, 1.807) is 0 Å². The van der Waals surface area contributed by atoms with Gasteiger partial charge in [-0.25, -0.2) is 0 Å². The van der Waals surface area contributed by atoms with E-state index in [1.165, 1.54) is 109 Å². The number of hydrogen-bond acceptors (Lipinski definition) is 8. The molecule has 0 spiro atoms. The van der Waals surface area contributed by atoms with Crippen molar-refractivity contribution in [1.82, 2.24) is 0 Å². The van der Waals surface area contributed by atoms with Gasteiger partial charge in [0.1, 0.15) is 13.2 Å². The van der Waals surface area contributed by atoms with Crippen molar-refractivity contribution in [3.05, 3.63) is 60.8 Å². The first kappa shape index (κ1) is 63.0. The van der Waals surface area contributed by atoms with E-state index in [0.717, 1.165) is 83.5 Å². The number of likely N-dealkylation sites (N-methyl/N-ethyl adjacent to an activating group) is 1. The molecule has 0 N–H and O–H groups in total. The number of esters is 2. The molecule has 66 heavy (non-hydrogen) atoms. The van der Waals surface area contributed by atoms with E-state index in [2.05, 4.69) is 74.6 Å². The molecule has 0 heterocycles. The number of aliphatic carboxylic acids is 1. The number of carboxylic acid groups (broad SMARTS) is 1. The predicted molar refractivity (Wildman–Crippen MR) is 274 cm³/mol. The molecule has 0 saturated carbocycles. The van der Waals surface area contributed by atoms with Gasteiger partial charge in [0, 0.05) is 12.8 Å². The van der Waals surface area contributed by atoms with E-state index >= 15 is 0 Å². The molecule has 0 amide bonds. The van der Waals surface area contributed by atoms with Gasteiger partial charge in [-0.05, 0) is 77.0 Å². The summed E-state index contributed by atoms with van der Waals surface area (Å²) < 4.78 is 22.6.